The molecule has 0 bridgehead atoms. The van der Waals surface area contributed by atoms with Crippen LogP contribution < -0.4 is 4.74 Å². The van der Waals surface area contributed by atoms with Gasteiger partial charge in [0, 0.05) is 6.42 Å². The summed E-state index contributed by atoms with van der Waals surface area (Å²) in [4.78, 5) is 12.5. The average Bonchev–Trinajstić information content (AvgIpc) is 2.50. The Kier molecular flexibility index (Phi) is 3.86. The number of carbonyl (C=O) groups is 1. The number of hydrogen-bond donors (Lipinski definition) is 2. The maximum atomic E-state index is 10.6. The van der Waals surface area contributed by atoms with Gasteiger partial charge in [-0.25, -0.2) is 0 Å². The van der Waals surface area contributed by atoms with Gasteiger partial charge in [0.2, 0.25) is 0 Å². The van der Waals surface area contributed by atoms with E-state index in [1.165, 1.54) is 0 Å². The Morgan fingerprint density at radius 1 is 1.14 bits per heavy atom. The lowest BCUT2D eigenvalue weighted by atomic mass is 10.0. The van der Waals surface area contributed by atoms with Crippen molar-refractivity contribution in [3.8, 4) is 11.5 Å². The fourth-order valence-electron chi connectivity index (χ4n) is 2.18. The van der Waals surface area contributed by atoms with E-state index >= 15 is 0 Å². The van der Waals surface area contributed by atoms with E-state index in [9.17, 15) is 9.90 Å². The van der Waals surface area contributed by atoms with Gasteiger partial charge in [-0.15, -0.1) is 0 Å². The summed E-state index contributed by atoms with van der Waals surface area (Å²) in [6.07, 6.45) is -0.620. The minimum Gasteiger partial charge on any atom is -0.481 e. The highest BCUT2D eigenvalue weighted by Crippen LogP contribution is 2.47. The van der Waals surface area contributed by atoms with Crippen LogP contribution in [0.25, 0.3) is 0 Å². The van der Waals surface area contributed by atoms with Crippen molar-refractivity contribution in [1.29, 1.82) is 0 Å². The standard InChI is InChI=1S/C16H14O4S/c17-11(6-8-16(18)19)10-5-7-13-15(9-10)21-14-4-2-1-3-12(14)20-13/h1-5,7,9,11,17H,6,8H2,(H,18,19). The normalized spacial score (nSPS) is 13.8. The first-order valence-electron chi connectivity index (χ1n) is 6.62. The van der Waals surface area contributed by atoms with E-state index in [0.29, 0.717) is 5.56 Å². The van der Waals surface area contributed by atoms with Gasteiger partial charge in [0.05, 0.1) is 15.9 Å². The van der Waals surface area contributed by atoms with Crippen LogP contribution in [0.15, 0.2) is 52.3 Å². The molecule has 0 amide bonds. The lowest BCUT2D eigenvalue weighted by Crippen LogP contribution is -2.03. The molecule has 0 saturated carbocycles. The second-order valence-corrected chi connectivity index (χ2v) is 5.89. The van der Waals surface area contributed by atoms with E-state index in [2.05, 4.69) is 0 Å². The molecule has 2 aromatic rings. The Morgan fingerprint density at radius 2 is 1.90 bits per heavy atom. The predicted octanol–water partition coefficient (Wildman–Crippen LogP) is 3.84. The molecule has 1 aliphatic heterocycles. The topological polar surface area (TPSA) is 66.8 Å². The molecular formula is C16H14O4S. The van der Waals surface area contributed by atoms with Crippen LogP contribution >= 0.6 is 11.8 Å². The van der Waals surface area contributed by atoms with Crippen LogP contribution in [-0.2, 0) is 4.79 Å². The van der Waals surface area contributed by atoms with Gasteiger partial charge in [0.25, 0.3) is 0 Å². The second kappa shape index (κ2) is 5.79. The molecule has 0 fully saturated rings. The number of carboxylic acid groups (broad SMARTS) is 1. The highest BCUT2D eigenvalue weighted by atomic mass is 32.2. The molecule has 2 N–H and O–H groups in total. The number of rotatable bonds is 4. The highest BCUT2D eigenvalue weighted by molar-refractivity contribution is 7.99. The summed E-state index contributed by atoms with van der Waals surface area (Å²) in [6, 6.07) is 13.2. The van der Waals surface area contributed by atoms with Crippen molar-refractivity contribution in [2.45, 2.75) is 28.7 Å². The largest absolute Gasteiger partial charge is 0.481 e. The Morgan fingerprint density at radius 3 is 2.71 bits per heavy atom. The maximum Gasteiger partial charge on any atom is 0.303 e. The summed E-state index contributed by atoms with van der Waals surface area (Å²) in [5, 5.41) is 18.7. The van der Waals surface area contributed by atoms with Gasteiger partial charge in [-0.05, 0) is 36.2 Å². The Balaban J connectivity index is 1.81. The third-order valence-corrected chi connectivity index (χ3v) is 4.37. The summed E-state index contributed by atoms with van der Waals surface area (Å²) in [6.45, 7) is 0. The quantitative estimate of drug-likeness (QED) is 0.766. The van der Waals surface area contributed by atoms with Gasteiger partial charge >= 0.3 is 5.97 Å². The second-order valence-electron chi connectivity index (χ2n) is 4.81. The molecule has 4 nitrogen and oxygen atoms in total. The van der Waals surface area contributed by atoms with Crippen LogP contribution in [0.2, 0.25) is 0 Å². The summed E-state index contributed by atoms with van der Waals surface area (Å²) in [5.74, 6) is 0.681. The van der Waals surface area contributed by atoms with Crippen molar-refractivity contribution in [2.24, 2.45) is 0 Å². The fraction of sp³-hybridized carbons (Fsp3) is 0.188. The molecular weight excluding hydrogens is 288 g/mol. The molecule has 0 spiro atoms. The first kappa shape index (κ1) is 14.0. The van der Waals surface area contributed by atoms with Crippen LogP contribution in [0.4, 0.5) is 0 Å². The molecule has 1 heterocycles. The van der Waals surface area contributed by atoms with Crippen molar-refractivity contribution >= 4 is 17.7 Å². The summed E-state index contributed by atoms with van der Waals surface area (Å²) >= 11 is 1.59. The van der Waals surface area contributed by atoms with E-state index in [4.69, 9.17) is 9.84 Å². The zero-order valence-electron chi connectivity index (χ0n) is 11.2. The van der Waals surface area contributed by atoms with Gasteiger partial charge in [-0.3, -0.25) is 4.79 Å². The maximum absolute atomic E-state index is 10.6. The number of fused-ring (bicyclic) bond motifs is 2. The number of hydrogen-bond acceptors (Lipinski definition) is 4. The van der Waals surface area contributed by atoms with Crippen molar-refractivity contribution in [1.82, 2.24) is 0 Å². The predicted molar refractivity (Wildman–Crippen MR) is 78.9 cm³/mol. The zero-order chi connectivity index (χ0) is 14.8. The van der Waals surface area contributed by atoms with Gasteiger partial charge in [0.1, 0.15) is 11.5 Å². The molecule has 5 heteroatoms. The first-order chi connectivity index (χ1) is 10.1. The van der Waals surface area contributed by atoms with Crippen LogP contribution in [0.1, 0.15) is 24.5 Å². The number of carboxylic acids is 1. The summed E-state index contributed by atoms with van der Waals surface area (Å²) in [7, 11) is 0. The number of benzene rings is 2. The molecule has 3 rings (SSSR count). The van der Waals surface area contributed by atoms with Gasteiger partial charge in [0.15, 0.2) is 0 Å². The van der Waals surface area contributed by atoms with Gasteiger partial charge < -0.3 is 14.9 Å². The van der Waals surface area contributed by atoms with Crippen LogP contribution in [-0.4, -0.2) is 16.2 Å². The van der Waals surface area contributed by atoms with Crippen molar-refractivity contribution in [2.75, 3.05) is 0 Å². The number of ether oxygens (including phenoxy) is 1. The average molecular weight is 302 g/mol. The fourth-order valence-corrected chi connectivity index (χ4v) is 3.18. The van der Waals surface area contributed by atoms with Crippen molar-refractivity contribution in [3.63, 3.8) is 0 Å². The molecule has 2 aromatic carbocycles. The lowest BCUT2D eigenvalue weighted by molar-refractivity contribution is -0.137. The Labute approximate surface area is 126 Å². The highest BCUT2D eigenvalue weighted by Gasteiger charge is 2.19. The molecule has 1 atom stereocenters. The minimum atomic E-state index is -0.904. The van der Waals surface area contributed by atoms with E-state index in [-0.39, 0.29) is 12.8 Å². The molecule has 1 aliphatic rings. The van der Waals surface area contributed by atoms with Crippen molar-refractivity contribution < 1.29 is 19.7 Å². The zero-order valence-corrected chi connectivity index (χ0v) is 12.0. The van der Waals surface area contributed by atoms with E-state index < -0.39 is 12.1 Å². The molecule has 0 aliphatic carbocycles. The van der Waals surface area contributed by atoms with Crippen molar-refractivity contribution in [3.05, 3.63) is 48.0 Å². The monoisotopic (exact) mass is 302 g/mol. The van der Waals surface area contributed by atoms with Crippen LogP contribution in [0.5, 0.6) is 11.5 Å². The number of aliphatic carboxylic acids is 1. The molecule has 21 heavy (non-hydrogen) atoms. The van der Waals surface area contributed by atoms with E-state index in [1.54, 1.807) is 17.8 Å². The minimum absolute atomic E-state index is 0.0509. The van der Waals surface area contributed by atoms with Gasteiger partial charge in [-0.2, -0.15) is 0 Å². The number of para-hydroxylation sites is 1. The summed E-state index contributed by atoms with van der Waals surface area (Å²) in [5.41, 5.74) is 0.713. The molecule has 0 aromatic heterocycles. The summed E-state index contributed by atoms with van der Waals surface area (Å²) < 4.78 is 5.81. The number of aliphatic hydroxyl groups is 1. The van der Waals surface area contributed by atoms with Crippen LogP contribution in [0, 0.1) is 0 Å². The SMILES string of the molecule is O=C(O)CCC(O)c1ccc2c(c1)Sc1ccccc1O2. The van der Waals surface area contributed by atoms with Crippen LogP contribution in [0.3, 0.4) is 0 Å². The third kappa shape index (κ3) is 3.04. The van der Waals surface area contributed by atoms with E-state index in [0.717, 1.165) is 21.3 Å². The lowest BCUT2D eigenvalue weighted by Gasteiger charge is -2.21. The molecule has 0 saturated heterocycles. The molecule has 108 valence electrons. The Hall–Kier alpha value is -1.98. The third-order valence-electron chi connectivity index (χ3n) is 3.27. The molecule has 0 radical (unpaired) electrons. The molecule has 1 unspecified atom stereocenters. The Bertz CT molecular complexity index is 684. The van der Waals surface area contributed by atoms with E-state index in [1.807, 2.05) is 36.4 Å². The first-order valence-corrected chi connectivity index (χ1v) is 7.43. The smallest absolute Gasteiger partial charge is 0.303 e. The van der Waals surface area contributed by atoms with Gasteiger partial charge in [-0.1, -0.05) is 30.0 Å². The number of aliphatic hydroxyl groups excluding tert-OH is 1.